The van der Waals surface area contributed by atoms with E-state index in [1.54, 1.807) is 17.8 Å². The van der Waals surface area contributed by atoms with Gasteiger partial charge in [-0.05, 0) is 30.0 Å². The van der Waals surface area contributed by atoms with Crippen LogP contribution in [0, 0.1) is 17.1 Å². The zero-order valence-corrected chi connectivity index (χ0v) is 9.40. The molecule has 1 aromatic rings. The van der Waals surface area contributed by atoms with E-state index in [1.807, 2.05) is 12.3 Å². The van der Waals surface area contributed by atoms with Gasteiger partial charge in [-0.1, -0.05) is 0 Å². The maximum Gasteiger partial charge on any atom is 0.124 e. The van der Waals surface area contributed by atoms with E-state index in [2.05, 4.69) is 5.32 Å². The Morgan fingerprint density at radius 3 is 2.93 bits per heavy atom. The molecule has 0 amide bonds. The van der Waals surface area contributed by atoms with Crippen LogP contribution in [0.25, 0.3) is 0 Å². The van der Waals surface area contributed by atoms with Crippen molar-refractivity contribution in [1.82, 2.24) is 5.32 Å². The summed E-state index contributed by atoms with van der Waals surface area (Å²) < 4.78 is 13.0. The van der Waals surface area contributed by atoms with Crippen LogP contribution in [0.4, 0.5) is 4.39 Å². The molecule has 1 rings (SSSR count). The van der Waals surface area contributed by atoms with Crippen molar-refractivity contribution in [3.05, 3.63) is 35.1 Å². The summed E-state index contributed by atoms with van der Waals surface area (Å²) in [6.45, 7) is 1.49. The van der Waals surface area contributed by atoms with Crippen molar-refractivity contribution in [2.24, 2.45) is 0 Å². The molecule has 0 saturated heterocycles. The highest BCUT2D eigenvalue weighted by Crippen LogP contribution is 2.08. The molecule has 0 heterocycles. The Morgan fingerprint density at radius 2 is 2.27 bits per heavy atom. The van der Waals surface area contributed by atoms with Crippen LogP contribution in [0.15, 0.2) is 18.2 Å². The first-order chi connectivity index (χ1) is 7.26. The lowest BCUT2D eigenvalue weighted by molar-refractivity contribution is 0.621. The minimum atomic E-state index is -0.351. The molecule has 0 unspecified atom stereocenters. The van der Waals surface area contributed by atoms with Gasteiger partial charge < -0.3 is 5.32 Å². The number of nitrogens with one attached hydrogen (secondary N) is 1. The van der Waals surface area contributed by atoms with Crippen LogP contribution in [0.2, 0.25) is 0 Å². The van der Waals surface area contributed by atoms with Crippen molar-refractivity contribution in [2.45, 2.75) is 6.54 Å². The Kier molecular flexibility index (Phi) is 5.16. The third-order valence-corrected chi connectivity index (χ3v) is 2.51. The third kappa shape index (κ3) is 4.32. The molecular formula is C11H13FN2S. The van der Waals surface area contributed by atoms with Crippen molar-refractivity contribution < 1.29 is 4.39 Å². The third-order valence-electron chi connectivity index (χ3n) is 1.90. The number of rotatable bonds is 5. The van der Waals surface area contributed by atoms with Crippen molar-refractivity contribution in [2.75, 3.05) is 18.6 Å². The fraction of sp³-hybridized carbons (Fsp3) is 0.364. The fourth-order valence-electron chi connectivity index (χ4n) is 1.22. The normalized spacial score (nSPS) is 9.93. The minimum absolute atomic E-state index is 0.351. The lowest BCUT2D eigenvalue weighted by atomic mass is 10.1. The average Bonchev–Trinajstić information content (AvgIpc) is 2.23. The van der Waals surface area contributed by atoms with Crippen molar-refractivity contribution in [3.63, 3.8) is 0 Å². The SMILES string of the molecule is CSCCNCc1cc(F)cc(C#N)c1. The Hall–Kier alpha value is -1.05. The molecule has 0 saturated carbocycles. The molecule has 1 N–H and O–H groups in total. The molecule has 0 radical (unpaired) electrons. The summed E-state index contributed by atoms with van der Waals surface area (Å²) >= 11 is 1.76. The first-order valence-electron chi connectivity index (χ1n) is 4.65. The predicted octanol–water partition coefficient (Wildman–Crippen LogP) is 2.15. The highest BCUT2D eigenvalue weighted by Gasteiger charge is 1.99. The van der Waals surface area contributed by atoms with Gasteiger partial charge in [-0.15, -0.1) is 0 Å². The van der Waals surface area contributed by atoms with E-state index in [0.717, 1.165) is 17.9 Å². The summed E-state index contributed by atoms with van der Waals surface area (Å²) in [4.78, 5) is 0. The van der Waals surface area contributed by atoms with Crippen molar-refractivity contribution in [3.8, 4) is 6.07 Å². The molecule has 15 heavy (non-hydrogen) atoms. The summed E-state index contributed by atoms with van der Waals surface area (Å²) in [5.41, 5.74) is 1.18. The summed E-state index contributed by atoms with van der Waals surface area (Å²) in [7, 11) is 0. The Bertz CT molecular complexity index is 360. The van der Waals surface area contributed by atoms with Gasteiger partial charge in [0.2, 0.25) is 0 Å². The number of thioether (sulfide) groups is 1. The molecule has 0 aromatic heterocycles. The first-order valence-corrected chi connectivity index (χ1v) is 6.05. The summed E-state index contributed by atoms with van der Waals surface area (Å²) in [5, 5.41) is 11.8. The molecule has 0 fully saturated rings. The van der Waals surface area contributed by atoms with Gasteiger partial charge in [-0.3, -0.25) is 0 Å². The Labute approximate surface area is 93.5 Å². The molecule has 0 spiro atoms. The molecule has 0 bridgehead atoms. The van der Waals surface area contributed by atoms with Crippen LogP contribution < -0.4 is 5.32 Å². The van der Waals surface area contributed by atoms with E-state index in [9.17, 15) is 4.39 Å². The second kappa shape index (κ2) is 6.44. The minimum Gasteiger partial charge on any atom is -0.312 e. The van der Waals surface area contributed by atoms with Crippen LogP contribution >= 0.6 is 11.8 Å². The van der Waals surface area contributed by atoms with Gasteiger partial charge in [0.1, 0.15) is 5.82 Å². The van der Waals surface area contributed by atoms with E-state index < -0.39 is 0 Å². The molecule has 0 aliphatic rings. The molecule has 4 heteroatoms. The van der Waals surface area contributed by atoms with Gasteiger partial charge in [-0.2, -0.15) is 17.0 Å². The molecule has 0 atom stereocenters. The zero-order chi connectivity index (χ0) is 11.1. The summed E-state index contributed by atoms with van der Waals surface area (Å²) in [6.07, 6.45) is 2.04. The maximum absolute atomic E-state index is 13.0. The topological polar surface area (TPSA) is 35.8 Å². The summed E-state index contributed by atoms with van der Waals surface area (Å²) in [5.74, 6) is 0.677. The van der Waals surface area contributed by atoms with E-state index in [0.29, 0.717) is 12.1 Å². The number of hydrogen-bond donors (Lipinski definition) is 1. The molecule has 1 aromatic carbocycles. The second-order valence-corrected chi connectivity index (χ2v) is 4.12. The first kappa shape index (κ1) is 12.0. The van der Waals surface area contributed by atoms with Crippen LogP contribution in [0.5, 0.6) is 0 Å². The largest absolute Gasteiger partial charge is 0.312 e. The average molecular weight is 224 g/mol. The Balaban J connectivity index is 2.54. The van der Waals surface area contributed by atoms with Gasteiger partial charge in [0.05, 0.1) is 11.6 Å². The van der Waals surface area contributed by atoms with Gasteiger partial charge in [0, 0.05) is 18.8 Å². The fourth-order valence-corrected chi connectivity index (χ4v) is 1.57. The molecule has 2 nitrogen and oxygen atoms in total. The predicted molar refractivity (Wildman–Crippen MR) is 61.2 cm³/mol. The van der Waals surface area contributed by atoms with Gasteiger partial charge >= 0.3 is 0 Å². The smallest absolute Gasteiger partial charge is 0.124 e. The number of hydrogen-bond acceptors (Lipinski definition) is 3. The molecule has 0 aliphatic carbocycles. The highest BCUT2D eigenvalue weighted by atomic mass is 32.2. The van der Waals surface area contributed by atoms with Gasteiger partial charge in [0.15, 0.2) is 0 Å². The molecule has 80 valence electrons. The number of benzene rings is 1. The lowest BCUT2D eigenvalue weighted by Crippen LogP contribution is -2.16. The van der Waals surface area contributed by atoms with Gasteiger partial charge in [-0.25, -0.2) is 4.39 Å². The highest BCUT2D eigenvalue weighted by molar-refractivity contribution is 7.98. The quantitative estimate of drug-likeness (QED) is 0.778. The molecular weight excluding hydrogens is 211 g/mol. The summed E-state index contributed by atoms with van der Waals surface area (Å²) in [6, 6.07) is 6.33. The van der Waals surface area contributed by atoms with E-state index in [-0.39, 0.29) is 5.82 Å². The Morgan fingerprint density at radius 1 is 1.47 bits per heavy atom. The second-order valence-electron chi connectivity index (χ2n) is 3.13. The van der Waals surface area contributed by atoms with Crippen LogP contribution in [-0.2, 0) is 6.54 Å². The lowest BCUT2D eigenvalue weighted by Gasteiger charge is -2.04. The van der Waals surface area contributed by atoms with E-state index in [4.69, 9.17) is 5.26 Å². The zero-order valence-electron chi connectivity index (χ0n) is 8.59. The van der Waals surface area contributed by atoms with E-state index in [1.165, 1.54) is 12.1 Å². The number of nitrogens with zero attached hydrogens (tertiary/aromatic N) is 1. The van der Waals surface area contributed by atoms with Crippen LogP contribution in [0.1, 0.15) is 11.1 Å². The van der Waals surface area contributed by atoms with Crippen molar-refractivity contribution >= 4 is 11.8 Å². The number of halogens is 1. The number of nitriles is 1. The maximum atomic E-state index is 13.0. The molecule has 0 aliphatic heterocycles. The standard InChI is InChI=1S/C11H13FN2S/c1-15-3-2-14-8-10-4-9(7-13)5-11(12)6-10/h4-6,14H,2-3,8H2,1H3. The van der Waals surface area contributed by atoms with Crippen LogP contribution in [0.3, 0.4) is 0 Å². The van der Waals surface area contributed by atoms with Crippen molar-refractivity contribution in [1.29, 1.82) is 5.26 Å². The monoisotopic (exact) mass is 224 g/mol. The van der Waals surface area contributed by atoms with Crippen LogP contribution in [-0.4, -0.2) is 18.6 Å². The van der Waals surface area contributed by atoms with Gasteiger partial charge in [0.25, 0.3) is 0 Å². The van der Waals surface area contributed by atoms with E-state index >= 15 is 0 Å².